The molecule has 0 bridgehead atoms. The van der Waals surface area contributed by atoms with Gasteiger partial charge in [-0.2, -0.15) is 4.89 Å². The van der Waals surface area contributed by atoms with Crippen LogP contribution in [0, 0.1) is 12.3 Å². The van der Waals surface area contributed by atoms with Gasteiger partial charge in [0.1, 0.15) is 0 Å². The molecule has 0 aromatic heterocycles. The summed E-state index contributed by atoms with van der Waals surface area (Å²) in [5.41, 5.74) is 0.478. The fourth-order valence-corrected chi connectivity index (χ4v) is 1.11. The molecule has 0 aliphatic heterocycles. The Hall–Kier alpha value is -1.79. The highest BCUT2D eigenvalue weighted by atomic mass is 17.2. The maximum atomic E-state index is 11.4. The van der Waals surface area contributed by atoms with Crippen molar-refractivity contribution in [1.82, 2.24) is 0 Å². The van der Waals surface area contributed by atoms with Gasteiger partial charge in [0.05, 0.1) is 12.2 Å². The molecule has 0 spiro atoms. The van der Waals surface area contributed by atoms with Gasteiger partial charge < -0.3 is 0 Å². The maximum absolute atomic E-state index is 11.4. The Morgan fingerprint density at radius 1 is 1.25 bits per heavy atom. The Morgan fingerprint density at radius 3 is 2.69 bits per heavy atom. The summed E-state index contributed by atoms with van der Waals surface area (Å²) in [6.45, 7) is 0.375. The van der Waals surface area contributed by atoms with E-state index < -0.39 is 5.97 Å². The highest BCUT2D eigenvalue weighted by Crippen LogP contribution is 2.02. The van der Waals surface area contributed by atoms with Gasteiger partial charge in [-0.05, 0) is 25.0 Å². The van der Waals surface area contributed by atoms with Crippen LogP contribution in [0.1, 0.15) is 29.6 Å². The third-order valence-electron chi connectivity index (χ3n) is 1.94. The molecule has 0 atom stereocenters. The minimum absolute atomic E-state index is 0.375. The number of rotatable bonds is 6. The van der Waals surface area contributed by atoms with Crippen LogP contribution in [0.3, 0.4) is 0 Å². The van der Waals surface area contributed by atoms with E-state index in [1.807, 2.05) is 6.07 Å². The predicted octanol–water partition coefficient (Wildman–Crippen LogP) is 2.58. The van der Waals surface area contributed by atoms with Gasteiger partial charge >= 0.3 is 5.97 Å². The second kappa shape index (κ2) is 7.49. The molecule has 0 saturated heterocycles. The molecule has 1 aromatic rings. The molecular weight excluding hydrogens is 204 g/mol. The van der Waals surface area contributed by atoms with Crippen molar-refractivity contribution in [3.05, 3.63) is 35.9 Å². The predicted molar refractivity (Wildman–Crippen MR) is 60.5 cm³/mol. The van der Waals surface area contributed by atoms with Crippen LogP contribution in [0.15, 0.2) is 30.3 Å². The smallest absolute Gasteiger partial charge is 0.293 e. The van der Waals surface area contributed by atoms with Crippen LogP contribution in [0.4, 0.5) is 0 Å². The van der Waals surface area contributed by atoms with Gasteiger partial charge in [-0.3, -0.25) is 4.89 Å². The van der Waals surface area contributed by atoms with Crippen molar-refractivity contribution in [3.8, 4) is 12.3 Å². The van der Waals surface area contributed by atoms with E-state index in [1.54, 1.807) is 24.3 Å². The quantitative estimate of drug-likeness (QED) is 0.318. The van der Waals surface area contributed by atoms with Gasteiger partial charge in [-0.1, -0.05) is 18.2 Å². The molecule has 3 heteroatoms. The topological polar surface area (TPSA) is 35.5 Å². The molecule has 16 heavy (non-hydrogen) atoms. The second-order valence-electron chi connectivity index (χ2n) is 3.22. The summed E-state index contributed by atoms with van der Waals surface area (Å²) in [6.07, 6.45) is 7.47. The zero-order valence-electron chi connectivity index (χ0n) is 9.02. The van der Waals surface area contributed by atoms with E-state index in [1.165, 1.54) is 0 Å². The van der Waals surface area contributed by atoms with E-state index in [0.29, 0.717) is 12.2 Å². The summed E-state index contributed by atoms with van der Waals surface area (Å²) in [5.74, 6) is 2.06. The van der Waals surface area contributed by atoms with E-state index >= 15 is 0 Å². The standard InChI is InChI=1S/C13H14O3/c1-2-3-4-8-11-15-16-13(14)12-9-6-5-7-10-12/h1,5-7,9-10H,3-4,8,11H2. The highest BCUT2D eigenvalue weighted by molar-refractivity contribution is 5.88. The number of hydrogen-bond donors (Lipinski definition) is 0. The number of carbonyl (C=O) groups excluding carboxylic acids is 1. The average molecular weight is 218 g/mol. The lowest BCUT2D eigenvalue weighted by Gasteiger charge is -2.02. The molecule has 0 heterocycles. The summed E-state index contributed by atoms with van der Waals surface area (Å²) in [4.78, 5) is 20.7. The lowest BCUT2D eigenvalue weighted by molar-refractivity contribution is -0.241. The second-order valence-corrected chi connectivity index (χ2v) is 3.22. The van der Waals surface area contributed by atoms with Crippen LogP contribution in [-0.4, -0.2) is 12.6 Å². The number of benzene rings is 1. The Kier molecular flexibility index (Phi) is 5.75. The summed E-state index contributed by atoms with van der Waals surface area (Å²) in [6, 6.07) is 8.71. The van der Waals surface area contributed by atoms with E-state index in [2.05, 4.69) is 10.8 Å². The van der Waals surface area contributed by atoms with Crippen molar-refractivity contribution in [3.63, 3.8) is 0 Å². The normalized spacial score (nSPS) is 9.44. The van der Waals surface area contributed by atoms with Crippen LogP contribution in [-0.2, 0) is 9.78 Å². The first-order valence-electron chi connectivity index (χ1n) is 5.17. The number of hydrogen-bond acceptors (Lipinski definition) is 3. The number of carbonyl (C=O) groups is 1. The van der Waals surface area contributed by atoms with Crippen molar-refractivity contribution >= 4 is 5.97 Å². The van der Waals surface area contributed by atoms with Crippen LogP contribution < -0.4 is 0 Å². The van der Waals surface area contributed by atoms with Crippen molar-refractivity contribution in [2.24, 2.45) is 0 Å². The van der Waals surface area contributed by atoms with Gasteiger partial charge in [-0.15, -0.1) is 12.3 Å². The first-order valence-corrected chi connectivity index (χ1v) is 5.17. The largest absolute Gasteiger partial charge is 0.373 e. The van der Waals surface area contributed by atoms with E-state index in [-0.39, 0.29) is 0 Å². The van der Waals surface area contributed by atoms with Crippen LogP contribution in [0.25, 0.3) is 0 Å². The monoisotopic (exact) mass is 218 g/mol. The number of terminal acetylenes is 1. The summed E-state index contributed by atoms with van der Waals surface area (Å²) < 4.78 is 0. The zero-order valence-corrected chi connectivity index (χ0v) is 9.02. The molecule has 0 radical (unpaired) electrons. The van der Waals surface area contributed by atoms with Crippen LogP contribution in [0.5, 0.6) is 0 Å². The van der Waals surface area contributed by atoms with E-state index in [4.69, 9.17) is 11.3 Å². The van der Waals surface area contributed by atoms with Gasteiger partial charge in [-0.25, -0.2) is 4.79 Å². The Morgan fingerprint density at radius 2 is 2.00 bits per heavy atom. The minimum atomic E-state index is -0.474. The molecule has 0 aliphatic rings. The molecule has 0 aliphatic carbocycles. The molecule has 3 nitrogen and oxygen atoms in total. The minimum Gasteiger partial charge on any atom is -0.293 e. The maximum Gasteiger partial charge on any atom is 0.373 e. The molecule has 0 unspecified atom stereocenters. The molecule has 0 fully saturated rings. The van der Waals surface area contributed by atoms with Gasteiger partial charge in [0.2, 0.25) is 0 Å². The fourth-order valence-electron chi connectivity index (χ4n) is 1.11. The fraction of sp³-hybridized carbons (Fsp3) is 0.308. The van der Waals surface area contributed by atoms with E-state index in [9.17, 15) is 4.79 Å². The van der Waals surface area contributed by atoms with Crippen molar-refractivity contribution in [2.75, 3.05) is 6.61 Å². The molecule has 84 valence electrons. The molecule has 0 saturated carbocycles. The van der Waals surface area contributed by atoms with Crippen molar-refractivity contribution in [2.45, 2.75) is 19.3 Å². The highest BCUT2D eigenvalue weighted by Gasteiger charge is 2.06. The SMILES string of the molecule is C#CCCCCOOC(=O)c1ccccc1. The van der Waals surface area contributed by atoms with Gasteiger partial charge in [0.15, 0.2) is 0 Å². The first kappa shape index (κ1) is 12.3. The number of unbranched alkanes of at least 4 members (excludes halogenated alkanes) is 2. The summed E-state index contributed by atoms with van der Waals surface area (Å²) >= 11 is 0. The first-order chi connectivity index (χ1) is 7.84. The lowest BCUT2D eigenvalue weighted by Crippen LogP contribution is -2.06. The van der Waals surface area contributed by atoms with E-state index in [0.717, 1.165) is 19.3 Å². The molecule has 1 rings (SSSR count). The van der Waals surface area contributed by atoms with Gasteiger partial charge in [0, 0.05) is 6.42 Å². The molecule has 1 aromatic carbocycles. The zero-order chi connectivity index (χ0) is 11.6. The average Bonchev–Trinajstić information content (AvgIpc) is 2.34. The third-order valence-corrected chi connectivity index (χ3v) is 1.94. The third kappa shape index (κ3) is 4.63. The molecular formula is C13H14O3. The van der Waals surface area contributed by atoms with Crippen LogP contribution >= 0.6 is 0 Å². The summed E-state index contributed by atoms with van der Waals surface area (Å²) in [7, 11) is 0. The van der Waals surface area contributed by atoms with Crippen molar-refractivity contribution < 1.29 is 14.6 Å². The lowest BCUT2D eigenvalue weighted by atomic mass is 10.2. The molecule has 0 amide bonds. The Balaban J connectivity index is 2.15. The molecule has 0 N–H and O–H groups in total. The Labute approximate surface area is 95.3 Å². The summed E-state index contributed by atoms with van der Waals surface area (Å²) in [5, 5.41) is 0. The van der Waals surface area contributed by atoms with Gasteiger partial charge in [0.25, 0.3) is 0 Å². The van der Waals surface area contributed by atoms with Crippen molar-refractivity contribution in [1.29, 1.82) is 0 Å². The van der Waals surface area contributed by atoms with Crippen LogP contribution in [0.2, 0.25) is 0 Å². The Bertz CT molecular complexity index is 351.